The van der Waals surface area contributed by atoms with Crippen molar-refractivity contribution in [1.82, 2.24) is 14.7 Å². The molecule has 0 bridgehead atoms. The van der Waals surface area contributed by atoms with E-state index < -0.39 is 0 Å². The Morgan fingerprint density at radius 3 is 2.00 bits per heavy atom. The predicted molar refractivity (Wildman–Crippen MR) is 89.4 cm³/mol. The SMILES string of the molecule is CC1CCN(C(=O)N2CCN(C(C)(C)C(N)=S)CC2)CC1. The first-order valence-electron chi connectivity index (χ1n) is 7.91. The first-order chi connectivity index (χ1) is 9.82. The largest absolute Gasteiger partial charge is 0.392 e. The number of hydrogen-bond donors (Lipinski definition) is 1. The number of nitrogens with two attached hydrogens (primary N) is 1. The molecule has 0 aromatic heterocycles. The summed E-state index contributed by atoms with van der Waals surface area (Å²) in [5.74, 6) is 0.747. The second-order valence-corrected chi connectivity index (χ2v) is 7.29. The van der Waals surface area contributed by atoms with Crippen LogP contribution in [0.1, 0.15) is 33.6 Å². The fourth-order valence-electron chi connectivity index (χ4n) is 3.01. The lowest BCUT2D eigenvalue weighted by Crippen LogP contribution is -2.61. The van der Waals surface area contributed by atoms with Crippen LogP contribution >= 0.6 is 12.2 Å². The van der Waals surface area contributed by atoms with E-state index in [0.717, 1.165) is 58.0 Å². The van der Waals surface area contributed by atoms with E-state index >= 15 is 0 Å². The molecule has 5 nitrogen and oxygen atoms in total. The predicted octanol–water partition coefficient (Wildman–Crippen LogP) is 1.52. The molecule has 2 amide bonds. The molecule has 21 heavy (non-hydrogen) atoms. The molecule has 0 aromatic carbocycles. The molecule has 0 spiro atoms. The fourth-order valence-corrected chi connectivity index (χ4v) is 3.14. The van der Waals surface area contributed by atoms with Gasteiger partial charge in [-0.25, -0.2) is 4.79 Å². The van der Waals surface area contributed by atoms with Crippen LogP contribution in [0.3, 0.4) is 0 Å². The average molecular weight is 312 g/mol. The van der Waals surface area contributed by atoms with Crippen LogP contribution in [0.25, 0.3) is 0 Å². The van der Waals surface area contributed by atoms with Gasteiger partial charge in [0.25, 0.3) is 0 Å². The van der Waals surface area contributed by atoms with Gasteiger partial charge in [0.05, 0.1) is 10.5 Å². The van der Waals surface area contributed by atoms with Gasteiger partial charge in [-0.1, -0.05) is 19.1 Å². The van der Waals surface area contributed by atoms with Crippen molar-refractivity contribution < 1.29 is 4.79 Å². The Morgan fingerprint density at radius 1 is 1.05 bits per heavy atom. The van der Waals surface area contributed by atoms with Gasteiger partial charge < -0.3 is 15.5 Å². The molecule has 2 rings (SSSR count). The van der Waals surface area contributed by atoms with Crippen LogP contribution in [0, 0.1) is 5.92 Å². The van der Waals surface area contributed by atoms with Crippen LogP contribution in [-0.4, -0.2) is 70.5 Å². The molecule has 6 heteroatoms. The maximum Gasteiger partial charge on any atom is 0.320 e. The number of carbonyl (C=O) groups is 1. The highest BCUT2D eigenvalue weighted by atomic mass is 32.1. The third kappa shape index (κ3) is 3.66. The van der Waals surface area contributed by atoms with Gasteiger partial charge in [0, 0.05) is 39.3 Å². The van der Waals surface area contributed by atoms with E-state index in [9.17, 15) is 4.79 Å². The number of hydrogen-bond acceptors (Lipinski definition) is 3. The quantitative estimate of drug-likeness (QED) is 0.786. The Balaban J connectivity index is 1.86. The van der Waals surface area contributed by atoms with Crippen LogP contribution in [-0.2, 0) is 0 Å². The molecule has 2 fully saturated rings. The first kappa shape index (κ1) is 16.5. The summed E-state index contributed by atoms with van der Waals surface area (Å²) in [6, 6.07) is 0.203. The van der Waals surface area contributed by atoms with Gasteiger partial charge in [-0.05, 0) is 32.6 Å². The zero-order valence-corrected chi connectivity index (χ0v) is 14.3. The number of amides is 2. The van der Waals surface area contributed by atoms with Crippen LogP contribution in [0.5, 0.6) is 0 Å². The highest BCUT2D eigenvalue weighted by Crippen LogP contribution is 2.20. The molecular weight excluding hydrogens is 284 g/mol. The van der Waals surface area contributed by atoms with Crippen molar-refractivity contribution in [3.8, 4) is 0 Å². The average Bonchev–Trinajstić information content (AvgIpc) is 2.47. The van der Waals surface area contributed by atoms with Gasteiger partial charge in [-0.3, -0.25) is 4.90 Å². The van der Waals surface area contributed by atoms with Crippen molar-refractivity contribution in [2.24, 2.45) is 11.7 Å². The summed E-state index contributed by atoms with van der Waals surface area (Å²) in [4.78, 5) is 19.3. The summed E-state index contributed by atoms with van der Waals surface area (Å²) in [6.07, 6.45) is 2.25. The Kier molecular flexibility index (Phi) is 5.09. The summed E-state index contributed by atoms with van der Waals surface area (Å²) in [6.45, 7) is 11.4. The van der Waals surface area contributed by atoms with E-state index in [2.05, 4.69) is 25.7 Å². The molecule has 0 saturated carbocycles. The van der Waals surface area contributed by atoms with E-state index in [1.165, 1.54) is 0 Å². The van der Waals surface area contributed by atoms with Gasteiger partial charge in [0.1, 0.15) is 0 Å². The highest BCUT2D eigenvalue weighted by molar-refractivity contribution is 7.80. The third-order valence-corrected chi connectivity index (χ3v) is 5.50. The molecule has 2 N–H and O–H groups in total. The summed E-state index contributed by atoms with van der Waals surface area (Å²) in [5.41, 5.74) is 5.55. The zero-order valence-electron chi connectivity index (χ0n) is 13.5. The Bertz CT molecular complexity index is 396. The second-order valence-electron chi connectivity index (χ2n) is 6.85. The summed E-state index contributed by atoms with van der Waals surface area (Å²) >= 11 is 5.15. The normalized spacial score (nSPS) is 22.4. The van der Waals surface area contributed by atoms with Crippen molar-refractivity contribution in [3.63, 3.8) is 0 Å². The van der Waals surface area contributed by atoms with Crippen LogP contribution in [0.15, 0.2) is 0 Å². The number of urea groups is 1. The maximum absolute atomic E-state index is 12.5. The number of piperazine rings is 1. The van der Waals surface area contributed by atoms with Gasteiger partial charge in [0.15, 0.2) is 0 Å². The smallest absolute Gasteiger partial charge is 0.320 e. The van der Waals surface area contributed by atoms with Crippen LogP contribution in [0.4, 0.5) is 4.79 Å². The lowest BCUT2D eigenvalue weighted by molar-refractivity contribution is 0.0777. The fraction of sp³-hybridized carbons (Fsp3) is 0.867. The zero-order chi connectivity index (χ0) is 15.6. The van der Waals surface area contributed by atoms with Crippen LogP contribution < -0.4 is 5.73 Å². The van der Waals surface area contributed by atoms with Crippen molar-refractivity contribution in [1.29, 1.82) is 0 Å². The summed E-state index contributed by atoms with van der Waals surface area (Å²) < 4.78 is 0. The molecule has 0 atom stereocenters. The molecule has 2 heterocycles. The molecule has 2 aliphatic heterocycles. The van der Waals surface area contributed by atoms with Gasteiger partial charge in [-0.15, -0.1) is 0 Å². The van der Waals surface area contributed by atoms with E-state index in [0.29, 0.717) is 4.99 Å². The second kappa shape index (κ2) is 6.48. The molecule has 0 aliphatic carbocycles. The van der Waals surface area contributed by atoms with Crippen molar-refractivity contribution in [2.75, 3.05) is 39.3 Å². The van der Waals surface area contributed by atoms with E-state index in [1.807, 2.05) is 9.80 Å². The number of thiocarbonyl (C=S) groups is 1. The molecule has 2 aliphatic rings. The van der Waals surface area contributed by atoms with E-state index in [4.69, 9.17) is 18.0 Å². The molecule has 2 saturated heterocycles. The van der Waals surface area contributed by atoms with E-state index in [1.54, 1.807) is 0 Å². The van der Waals surface area contributed by atoms with Gasteiger partial charge >= 0.3 is 6.03 Å². The Labute approximate surface area is 133 Å². The summed E-state index contributed by atoms with van der Waals surface area (Å²) in [5, 5.41) is 0. The maximum atomic E-state index is 12.5. The standard InChI is InChI=1S/C15H28N4OS/c1-12-4-6-17(7-5-12)14(20)18-8-10-19(11-9-18)15(2,3)13(16)21/h12H,4-11H2,1-3H3,(H2,16,21). The highest BCUT2D eigenvalue weighted by Gasteiger charge is 2.34. The molecular formula is C15H28N4OS. The molecule has 0 radical (unpaired) electrons. The van der Waals surface area contributed by atoms with Crippen molar-refractivity contribution in [3.05, 3.63) is 0 Å². The molecule has 0 aromatic rings. The first-order valence-corrected chi connectivity index (χ1v) is 8.32. The minimum atomic E-state index is -0.273. The number of nitrogens with zero attached hydrogens (tertiary/aromatic N) is 3. The minimum Gasteiger partial charge on any atom is -0.392 e. The lowest BCUT2D eigenvalue weighted by atomic mass is 9.99. The lowest BCUT2D eigenvalue weighted by Gasteiger charge is -2.44. The third-order valence-electron chi connectivity index (χ3n) is 5.00. The molecule has 120 valence electrons. The van der Waals surface area contributed by atoms with Gasteiger partial charge in [0.2, 0.25) is 0 Å². The van der Waals surface area contributed by atoms with Crippen molar-refractivity contribution >= 4 is 23.2 Å². The number of rotatable bonds is 2. The van der Waals surface area contributed by atoms with E-state index in [-0.39, 0.29) is 11.6 Å². The number of likely N-dealkylation sites (tertiary alicyclic amines) is 1. The Morgan fingerprint density at radius 2 is 1.52 bits per heavy atom. The minimum absolute atomic E-state index is 0.203. The monoisotopic (exact) mass is 312 g/mol. The van der Waals surface area contributed by atoms with Crippen molar-refractivity contribution in [2.45, 2.75) is 39.2 Å². The Hall–Kier alpha value is -0.880. The number of carbonyl (C=O) groups excluding carboxylic acids is 1. The summed E-state index contributed by atoms with van der Waals surface area (Å²) in [7, 11) is 0. The van der Waals surface area contributed by atoms with Crippen LogP contribution in [0.2, 0.25) is 0 Å². The number of piperidine rings is 1. The molecule has 0 unspecified atom stereocenters. The van der Waals surface area contributed by atoms with Gasteiger partial charge in [-0.2, -0.15) is 0 Å². The topological polar surface area (TPSA) is 52.8 Å².